The summed E-state index contributed by atoms with van der Waals surface area (Å²) in [6.07, 6.45) is 4.73. The first kappa shape index (κ1) is 21.5. The normalized spacial score (nSPS) is 10.6. The van der Waals surface area contributed by atoms with Gasteiger partial charge in [-0.3, -0.25) is 4.79 Å². The maximum absolute atomic E-state index is 12.5. The summed E-state index contributed by atoms with van der Waals surface area (Å²) in [5.74, 6) is 0.337. The average molecular weight is 389 g/mol. The largest absolute Gasteiger partial charge is 0.493 e. The van der Waals surface area contributed by atoms with E-state index in [1.54, 1.807) is 18.2 Å². The van der Waals surface area contributed by atoms with Gasteiger partial charge in [-0.25, -0.2) is 0 Å². The van der Waals surface area contributed by atoms with Crippen LogP contribution in [0.4, 0.5) is 5.69 Å². The van der Waals surface area contributed by atoms with Crippen molar-refractivity contribution in [3.63, 3.8) is 0 Å². The second kappa shape index (κ2) is 11.2. The molecule has 0 bridgehead atoms. The van der Waals surface area contributed by atoms with E-state index in [1.807, 2.05) is 36.4 Å². The predicted molar refractivity (Wildman–Crippen MR) is 111 cm³/mol. The van der Waals surface area contributed by atoms with Crippen molar-refractivity contribution in [3.8, 4) is 23.6 Å². The molecule has 0 aliphatic heterocycles. The molecule has 0 aromatic heterocycles. The Morgan fingerprint density at radius 3 is 2.52 bits per heavy atom. The number of carbonyl (C=O) groups excluding carboxylic acids is 1. The molecule has 0 saturated heterocycles. The van der Waals surface area contributed by atoms with Gasteiger partial charge in [-0.2, -0.15) is 10.5 Å². The molecule has 0 atom stereocenters. The van der Waals surface area contributed by atoms with Gasteiger partial charge in [0.05, 0.1) is 7.11 Å². The lowest BCUT2D eigenvalue weighted by atomic mass is 10.1. The Hall–Kier alpha value is -3.77. The van der Waals surface area contributed by atoms with Crippen LogP contribution in [0, 0.1) is 22.7 Å². The lowest BCUT2D eigenvalue weighted by Crippen LogP contribution is -2.13. The van der Waals surface area contributed by atoms with E-state index in [0.29, 0.717) is 22.7 Å². The van der Waals surface area contributed by atoms with Gasteiger partial charge < -0.3 is 14.8 Å². The van der Waals surface area contributed by atoms with Crippen molar-refractivity contribution in [2.24, 2.45) is 0 Å². The molecule has 0 spiro atoms. The van der Waals surface area contributed by atoms with Crippen molar-refractivity contribution in [3.05, 3.63) is 59.2 Å². The summed E-state index contributed by atoms with van der Waals surface area (Å²) in [7, 11) is 1.48. The second-order valence-corrected chi connectivity index (χ2v) is 6.28. The summed E-state index contributed by atoms with van der Waals surface area (Å²) in [4.78, 5) is 12.5. The topological polar surface area (TPSA) is 95.1 Å². The Labute approximate surface area is 171 Å². The quantitative estimate of drug-likeness (QED) is 0.504. The second-order valence-electron chi connectivity index (χ2n) is 6.28. The summed E-state index contributed by atoms with van der Waals surface area (Å²) in [5.41, 5.74) is 2.42. The maximum Gasteiger partial charge on any atom is 0.266 e. The van der Waals surface area contributed by atoms with E-state index in [4.69, 9.17) is 14.7 Å². The number of nitriles is 2. The van der Waals surface area contributed by atoms with Crippen LogP contribution in [-0.2, 0) is 11.2 Å². The average Bonchev–Trinajstić information content (AvgIpc) is 2.75. The minimum absolute atomic E-state index is 0.0344. The maximum atomic E-state index is 12.5. The van der Waals surface area contributed by atoms with Crippen LogP contribution in [-0.4, -0.2) is 19.6 Å². The van der Waals surface area contributed by atoms with Gasteiger partial charge in [-0.15, -0.1) is 0 Å². The van der Waals surface area contributed by atoms with E-state index in [1.165, 1.54) is 18.7 Å². The summed E-state index contributed by atoms with van der Waals surface area (Å²) in [5, 5.41) is 20.8. The van der Waals surface area contributed by atoms with Crippen molar-refractivity contribution in [2.75, 3.05) is 19.0 Å². The number of carbonyl (C=O) groups is 1. The number of hydrogen-bond acceptors (Lipinski definition) is 5. The predicted octanol–water partition coefficient (Wildman–Crippen LogP) is 4.49. The minimum Gasteiger partial charge on any atom is -0.493 e. The van der Waals surface area contributed by atoms with Crippen LogP contribution in [0.1, 0.15) is 30.9 Å². The van der Waals surface area contributed by atoms with Gasteiger partial charge in [-0.1, -0.05) is 31.5 Å². The molecule has 6 heteroatoms. The zero-order valence-electron chi connectivity index (χ0n) is 16.6. The summed E-state index contributed by atoms with van der Waals surface area (Å²) >= 11 is 0. The smallest absolute Gasteiger partial charge is 0.266 e. The van der Waals surface area contributed by atoms with E-state index in [0.717, 1.165) is 19.3 Å². The molecule has 6 nitrogen and oxygen atoms in total. The summed E-state index contributed by atoms with van der Waals surface area (Å²) in [6.45, 7) is 2.04. The molecule has 2 rings (SSSR count). The highest BCUT2D eigenvalue weighted by atomic mass is 16.5. The fraction of sp³-hybridized carbons (Fsp3) is 0.261. The van der Waals surface area contributed by atoms with Gasteiger partial charge in [0, 0.05) is 5.69 Å². The fourth-order valence-corrected chi connectivity index (χ4v) is 2.65. The number of anilines is 1. The number of rotatable bonds is 9. The van der Waals surface area contributed by atoms with Crippen LogP contribution in [0.2, 0.25) is 0 Å². The first-order valence-electron chi connectivity index (χ1n) is 9.31. The Kier molecular flexibility index (Phi) is 8.28. The van der Waals surface area contributed by atoms with Gasteiger partial charge in [0.25, 0.3) is 5.91 Å². The highest BCUT2D eigenvalue weighted by molar-refractivity contribution is 6.09. The number of nitrogens with one attached hydrogen (secondary N) is 1. The summed E-state index contributed by atoms with van der Waals surface area (Å²) in [6, 6.07) is 16.4. The van der Waals surface area contributed by atoms with Crippen LogP contribution < -0.4 is 14.8 Å². The van der Waals surface area contributed by atoms with Gasteiger partial charge in [-0.05, 0) is 54.3 Å². The van der Waals surface area contributed by atoms with Crippen molar-refractivity contribution in [1.82, 2.24) is 0 Å². The zero-order valence-corrected chi connectivity index (χ0v) is 16.6. The van der Waals surface area contributed by atoms with E-state index in [2.05, 4.69) is 12.2 Å². The molecular formula is C23H23N3O3. The molecule has 0 fully saturated rings. The van der Waals surface area contributed by atoms with Crippen LogP contribution in [0.3, 0.4) is 0 Å². The molecule has 0 unspecified atom stereocenters. The number of nitrogens with zero attached hydrogens (tertiary/aromatic N) is 2. The highest BCUT2D eigenvalue weighted by Gasteiger charge is 2.11. The molecule has 29 heavy (non-hydrogen) atoms. The molecule has 0 saturated carbocycles. The third kappa shape index (κ3) is 6.41. The SMILES string of the molecule is CCCCc1ccc(NC(=O)/C(C#N)=C/c2ccc(OCC#N)c(OC)c2)cc1. The van der Waals surface area contributed by atoms with Crippen LogP contribution in [0.25, 0.3) is 6.08 Å². The Morgan fingerprint density at radius 1 is 1.14 bits per heavy atom. The Bertz CT molecular complexity index is 951. The molecule has 2 aromatic rings. The molecule has 0 aliphatic rings. The Morgan fingerprint density at radius 2 is 1.90 bits per heavy atom. The number of unbranched alkanes of at least 4 members (excludes halogenated alkanes) is 1. The molecule has 0 heterocycles. The van der Waals surface area contributed by atoms with Crippen molar-refractivity contribution in [1.29, 1.82) is 10.5 Å². The summed E-state index contributed by atoms with van der Waals surface area (Å²) < 4.78 is 10.5. The third-order valence-corrected chi connectivity index (χ3v) is 4.19. The standard InChI is InChI=1S/C23H23N3O3/c1-3-4-5-17-6-9-20(10-7-17)26-23(27)19(16-25)14-18-8-11-21(29-13-12-24)22(15-18)28-2/h6-11,14-15H,3-5,13H2,1-2H3,(H,26,27)/b19-14+. The first-order valence-corrected chi connectivity index (χ1v) is 9.31. The fourth-order valence-electron chi connectivity index (χ4n) is 2.65. The molecule has 1 N–H and O–H groups in total. The van der Waals surface area contributed by atoms with E-state index < -0.39 is 5.91 Å². The monoisotopic (exact) mass is 389 g/mol. The van der Waals surface area contributed by atoms with E-state index in [9.17, 15) is 10.1 Å². The van der Waals surface area contributed by atoms with E-state index in [-0.39, 0.29) is 12.2 Å². The number of benzene rings is 2. The van der Waals surface area contributed by atoms with Gasteiger partial charge in [0.2, 0.25) is 0 Å². The lowest BCUT2D eigenvalue weighted by molar-refractivity contribution is -0.112. The number of hydrogen-bond donors (Lipinski definition) is 1. The van der Waals surface area contributed by atoms with E-state index >= 15 is 0 Å². The van der Waals surface area contributed by atoms with Crippen LogP contribution in [0.5, 0.6) is 11.5 Å². The number of methoxy groups -OCH3 is 1. The molecular weight excluding hydrogens is 366 g/mol. The third-order valence-electron chi connectivity index (χ3n) is 4.19. The van der Waals surface area contributed by atoms with Crippen LogP contribution >= 0.6 is 0 Å². The van der Waals surface area contributed by atoms with Gasteiger partial charge in [0.1, 0.15) is 17.7 Å². The Balaban J connectivity index is 2.13. The highest BCUT2D eigenvalue weighted by Crippen LogP contribution is 2.29. The van der Waals surface area contributed by atoms with Crippen molar-refractivity contribution >= 4 is 17.7 Å². The van der Waals surface area contributed by atoms with Crippen molar-refractivity contribution in [2.45, 2.75) is 26.2 Å². The number of amides is 1. The molecule has 148 valence electrons. The molecule has 0 aliphatic carbocycles. The van der Waals surface area contributed by atoms with Gasteiger partial charge in [0.15, 0.2) is 18.1 Å². The van der Waals surface area contributed by atoms with Crippen molar-refractivity contribution < 1.29 is 14.3 Å². The lowest BCUT2D eigenvalue weighted by Gasteiger charge is -2.09. The molecule has 2 aromatic carbocycles. The number of aryl methyl sites for hydroxylation is 1. The molecule has 0 radical (unpaired) electrons. The van der Waals surface area contributed by atoms with Gasteiger partial charge >= 0.3 is 0 Å². The number of ether oxygens (including phenoxy) is 2. The molecule has 1 amide bonds. The zero-order chi connectivity index (χ0) is 21.1. The first-order chi connectivity index (χ1) is 14.1. The van der Waals surface area contributed by atoms with Crippen LogP contribution in [0.15, 0.2) is 48.0 Å². The minimum atomic E-state index is -0.488.